The fourth-order valence-corrected chi connectivity index (χ4v) is 1.82. The topological polar surface area (TPSA) is 81.4 Å². The quantitative estimate of drug-likeness (QED) is 0.497. The van der Waals surface area contributed by atoms with Crippen molar-refractivity contribution < 1.29 is 14.3 Å². The number of amides is 1. The Bertz CT molecular complexity index is 524. The summed E-state index contributed by atoms with van der Waals surface area (Å²) in [6.45, 7) is 5.81. The zero-order valence-electron chi connectivity index (χ0n) is 12.5. The van der Waals surface area contributed by atoms with E-state index in [1.807, 2.05) is 20.8 Å². The molecule has 0 aromatic heterocycles. The van der Waals surface area contributed by atoms with E-state index in [0.717, 1.165) is 0 Å². The number of nitrogens with one attached hydrogen (secondary N) is 1. The first-order valence-corrected chi connectivity index (χ1v) is 7.12. The summed E-state index contributed by atoms with van der Waals surface area (Å²) in [6.07, 6.45) is 0.754. The summed E-state index contributed by atoms with van der Waals surface area (Å²) in [7, 11) is 0. The number of anilines is 1. The number of ether oxygens (including phenoxy) is 1. The summed E-state index contributed by atoms with van der Waals surface area (Å²) in [5.74, 6) is -0.585. The second kappa shape index (κ2) is 7.31. The number of hydrogen-bond donors (Lipinski definition) is 2. The highest BCUT2D eigenvalue weighted by Gasteiger charge is 2.16. The lowest BCUT2D eigenvalue weighted by Crippen LogP contribution is -2.27. The van der Waals surface area contributed by atoms with Gasteiger partial charge in [0.2, 0.25) is 0 Å². The highest BCUT2D eigenvalue weighted by Crippen LogP contribution is 2.17. The molecule has 0 aliphatic heterocycles. The van der Waals surface area contributed by atoms with E-state index in [1.165, 1.54) is 6.07 Å². The van der Waals surface area contributed by atoms with Crippen molar-refractivity contribution in [1.29, 1.82) is 0 Å². The Hall–Kier alpha value is -1.75. The van der Waals surface area contributed by atoms with Gasteiger partial charge in [0.15, 0.2) is 0 Å². The molecule has 6 heteroatoms. The Morgan fingerprint density at radius 1 is 1.33 bits per heavy atom. The molecule has 0 saturated heterocycles. The highest BCUT2D eigenvalue weighted by atomic mass is 35.5. The second-order valence-electron chi connectivity index (χ2n) is 5.68. The van der Waals surface area contributed by atoms with Crippen LogP contribution in [0.4, 0.5) is 5.69 Å². The average Bonchev–Trinajstić information content (AvgIpc) is 2.35. The predicted octanol–water partition coefficient (Wildman–Crippen LogP) is 2.77. The number of carbonyl (C=O) groups is 2. The summed E-state index contributed by atoms with van der Waals surface area (Å²) in [6, 6.07) is 4.72. The minimum Gasteiger partial charge on any atom is -0.460 e. The smallest absolute Gasteiger partial charge is 0.306 e. The normalized spacial score (nSPS) is 11.0. The maximum absolute atomic E-state index is 11.9. The molecular weight excluding hydrogens is 292 g/mol. The molecule has 0 fully saturated rings. The number of halogens is 1. The zero-order chi connectivity index (χ0) is 16.0. The van der Waals surface area contributed by atoms with Gasteiger partial charge in [-0.1, -0.05) is 11.6 Å². The summed E-state index contributed by atoms with van der Waals surface area (Å²) in [5, 5.41) is 3.15. The molecule has 3 N–H and O–H groups in total. The van der Waals surface area contributed by atoms with E-state index in [2.05, 4.69) is 5.32 Å². The SMILES string of the molecule is CC(C)(C)OC(=O)CCCNC(=O)c1cc(Cl)ccc1N. The first-order valence-electron chi connectivity index (χ1n) is 6.74. The summed E-state index contributed by atoms with van der Waals surface area (Å²) in [4.78, 5) is 23.4. The molecule has 0 aliphatic carbocycles. The van der Waals surface area contributed by atoms with Crippen LogP contribution in [-0.2, 0) is 9.53 Å². The molecular formula is C15H21ClN2O3. The first-order chi connectivity index (χ1) is 9.69. The van der Waals surface area contributed by atoms with Gasteiger partial charge in [-0.05, 0) is 45.4 Å². The van der Waals surface area contributed by atoms with Gasteiger partial charge in [-0.15, -0.1) is 0 Å². The van der Waals surface area contributed by atoms with Crippen molar-refractivity contribution in [3.05, 3.63) is 28.8 Å². The number of nitrogen functional groups attached to an aromatic ring is 1. The van der Waals surface area contributed by atoms with Gasteiger partial charge in [-0.25, -0.2) is 0 Å². The minimum absolute atomic E-state index is 0.253. The van der Waals surface area contributed by atoms with Crippen molar-refractivity contribution in [1.82, 2.24) is 5.32 Å². The van der Waals surface area contributed by atoms with Gasteiger partial charge in [0.25, 0.3) is 5.91 Å². The molecule has 0 heterocycles. The van der Waals surface area contributed by atoms with Crippen LogP contribution < -0.4 is 11.1 Å². The summed E-state index contributed by atoms with van der Waals surface area (Å²) >= 11 is 5.83. The Morgan fingerprint density at radius 2 is 2.00 bits per heavy atom. The largest absolute Gasteiger partial charge is 0.460 e. The molecule has 0 atom stereocenters. The van der Waals surface area contributed by atoms with Crippen LogP contribution in [-0.4, -0.2) is 24.0 Å². The van der Waals surface area contributed by atoms with Crippen molar-refractivity contribution in [3.8, 4) is 0 Å². The molecule has 1 aromatic rings. The lowest BCUT2D eigenvalue weighted by Gasteiger charge is -2.19. The van der Waals surface area contributed by atoms with E-state index in [4.69, 9.17) is 22.1 Å². The Morgan fingerprint density at radius 3 is 2.62 bits per heavy atom. The fourth-order valence-electron chi connectivity index (χ4n) is 1.65. The van der Waals surface area contributed by atoms with Gasteiger partial charge in [0.1, 0.15) is 5.60 Å². The van der Waals surface area contributed by atoms with Crippen LogP contribution in [0.5, 0.6) is 0 Å². The third-order valence-corrected chi connectivity index (χ3v) is 2.76. The van der Waals surface area contributed by atoms with Crippen molar-refractivity contribution in [2.24, 2.45) is 0 Å². The van der Waals surface area contributed by atoms with Gasteiger partial charge in [0, 0.05) is 23.7 Å². The molecule has 0 unspecified atom stereocenters. The van der Waals surface area contributed by atoms with E-state index in [0.29, 0.717) is 29.2 Å². The third kappa shape index (κ3) is 6.49. The zero-order valence-corrected chi connectivity index (χ0v) is 13.3. The second-order valence-corrected chi connectivity index (χ2v) is 6.11. The minimum atomic E-state index is -0.491. The maximum atomic E-state index is 11.9. The molecule has 1 aromatic carbocycles. The Balaban J connectivity index is 2.38. The first kappa shape index (κ1) is 17.3. The van der Waals surface area contributed by atoms with Crippen LogP contribution in [0.3, 0.4) is 0 Å². The van der Waals surface area contributed by atoms with Crippen LogP contribution in [0, 0.1) is 0 Å². The van der Waals surface area contributed by atoms with Gasteiger partial charge in [-0.2, -0.15) is 0 Å². The number of hydrogen-bond acceptors (Lipinski definition) is 4. The highest BCUT2D eigenvalue weighted by molar-refractivity contribution is 6.31. The van der Waals surface area contributed by atoms with Crippen LogP contribution in [0.1, 0.15) is 44.0 Å². The molecule has 1 amide bonds. The van der Waals surface area contributed by atoms with Gasteiger partial charge in [-0.3, -0.25) is 9.59 Å². The standard InChI is InChI=1S/C15H21ClN2O3/c1-15(2,3)21-13(19)5-4-8-18-14(20)11-9-10(16)6-7-12(11)17/h6-7,9H,4-5,8,17H2,1-3H3,(H,18,20). The van der Waals surface area contributed by atoms with E-state index in [-0.39, 0.29) is 18.3 Å². The van der Waals surface area contributed by atoms with E-state index < -0.39 is 5.60 Å². The molecule has 0 aliphatic rings. The van der Waals surface area contributed by atoms with Gasteiger partial charge >= 0.3 is 5.97 Å². The number of carbonyl (C=O) groups excluding carboxylic acids is 2. The van der Waals surface area contributed by atoms with Crippen molar-refractivity contribution in [2.45, 2.75) is 39.2 Å². The Kier molecular flexibility index (Phi) is 6.03. The Labute approximate surface area is 129 Å². The molecule has 1 rings (SSSR count). The maximum Gasteiger partial charge on any atom is 0.306 e. The fraction of sp³-hybridized carbons (Fsp3) is 0.467. The number of benzene rings is 1. The van der Waals surface area contributed by atoms with Crippen molar-refractivity contribution >= 4 is 29.2 Å². The van der Waals surface area contributed by atoms with Crippen LogP contribution in [0.25, 0.3) is 0 Å². The molecule has 0 radical (unpaired) electrons. The van der Waals surface area contributed by atoms with E-state index in [9.17, 15) is 9.59 Å². The van der Waals surface area contributed by atoms with Crippen LogP contribution >= 0.6 is 11.6 Å². The van der Waals surface area contributed by atoms with Crippen molar-refractivity contribution in [3.63, 3.8) is 0 Å². The third-order valence-electron chi connectivity index (χ3n) is 2.52. The van der Waals surface area contributed by atoms with Crippen molar-refractivity contribution in [2.75, 3.05) is 12.3 Å². The molecule has 0 bridgehead atoms. The van der Waals surface area contributed by atoms with Gasteiger partial charge in [0.05, 0.1) is 5.56 Å². The molecule has 116 valence electrons. The number of rotatable bonds is 5. The summed E-state index contributed by atoms with van der Waals surface area (Å²) < 4.78 is 5.18. The van der Waals surface area contributed by atoms with E-state index in [1.54, 1.807) is 12.1 Å². The van der Waals surface area contributed by atoms with Crippen LogP contribution in [0.15, 0.2) is 18.2 Å². The lowest BCUT2D eigenvalue weighted by atomic mass is 10.1. The number of nitrogens with two attached hydrogens (primary N) is 1. The molecule has 0 saturated carbocycles. The van der Waals surface area contributed by atoms with Crippen LogP contribution in [0.2, 0.25) is 5.02 Å². The van der Waals surface area contributed by atoms with Gasteiger partial charge < -0.3 is 15.8 Å². The molecule has 21 heavy (non-hydrogen) atoms. The molecule has 0 spiro atoms. The predicted molar refractivity (Wildman–Crippen MR) is 83.3 cm³/mol. The monoisotopic (exact) mass is 312 g/mol. The average molecular weight is 313 g/mol. The summed E-state index contributed by atoms with van der Waals surface area (Å²) in [5.41, 5.74) is 5.93. The molecule has 5 nitrogen and oxygen atoms in total. The number of esters is 1. The van der Waals surface area contributed by atoms with E-state index >= 15 is 0 Å². The lowest BCUT2D eigenvalue weighted by molar-refractivity contribution is -0.154.